The van der Waals surface area contributed by atoms with E-state index in [0.29, 0.717) is 0 Å². The Hall–Kier alpha value is -1.20. The molecule has 0 heterocycles. The van der Waals surface area contributed by atoms with Gasteiger partial charge in [0, 0.05) is 6.54 Å². The minimum Gasteiger partial charge on any atom is -0.353 e. The van der Waals surface area contributed by atoms with Crippen LogP contribution in [-0.2, 0) is 13.9 Å². The molecule has 0 aromatic carbocycles. The Morgan fingerprint density at radius 2 is 2.00 bits per heavy atom. The standard InChI is InChI=1S/C12H20NO5P/c1-3-5-7-11(6-4-2)10-12(14)13-8-9-18-19(15,16)17/h3-7H,8-10H2,1-2H3,(H,13,14)(H2,15,16,17)/b5-3-,6-4-,11-7+. The highest BCUT2D eigenvalue weighted by molar-refractivity contribution is 7.46. The van der Waals surface area contributed by atoms with E-state index in [0.717, 1.165) is 5.57 Å². The van der Waals surface area contributed by atoms with E-state index in [1.807, 2.05) is 44.2 Å². The van der Waals surface area contributed by atoms with Crippen LogP contribution in [0.2, 0.25) is 0 Å². The number of hydrogen-bond donors (Lipinski definition) is 3. The van der Waals surface area contributed by atoms with Crippen molar-refractivity contribution in [3.05, 3.63) is 36.0 Å². The minimum atomic E-state index is -4.46. The normalized spacial score (nSPS) is 13.4. The van der Waals surface area contributed by atoms with Gasteiger partial charge in [0.2, 0.25) is 5.91 Å². The molecule has 0 rings (SSSR count). The van der Waals surface area contributed by atoms with Crippen molar-refractivity contribution < 1.29 is 23.7 Å². The second-order valence-electron chi connectivity index (χ2n) is 3.62. The van der Waals surface area contributed by atoms with E-state index in [2.05, 4.69) is 9.84 Å². The molecular weight excluding hydrogens is 269 g/mol. The molecule has 1 amide bonds. The van der Waals surface area contributed by atoms with Crippen molar-refractivity contribution in [3.8, 4) is 0 Å². The van der Waals surface area contributed by atoms with Gasteiger partial charge in [-0.3, -0.25) is 9.32 Å². The molecule has 0 aliphatic rings. The number of phosphoric ester groups is 1. The fourth-order valence-corrected chi connectivity index (χ4v) is 1.54. The van der Waals surface area contributed by atoms with Crippen LogP contribution in [0.4, 0.5) is 0 Å². The molecule has 3 N–H and O–H groups in total. The Morgan fingerprint density at radius 1 is 1.32 bits per heavy atom. The largest absolute Gasteiger partial charge is 0.469 e. The Kier molecular flexibility index (Phi) is 9.08. The number of amides is 1. The predicted molar refractivity (Wildman–Crippen MR) is 73.3 cm³/mol. The molecule has 108 valence electrons. The average molecular weight is 289 g/mol. The molecule has 6 nitrogen and oxygen atoms in total. The van der Waals surface area contributed by atoms with E-state index >= 15 is 0 Å². The summed E-state index contributed by atoms with van der Waals surface area (Å²) in [6.07, 6.45) is 9.37. The molecule has 0 aromatic heterocycles. The molecule has 0 aromatic rings. The topological polar surface area (TPSA) is 95.9 Å². The van der Waals surface area contributed by atoms with Crippen LogP contribution >= 0.6 is 7.82 Å². The van der Waals surface area contributed by atoms with E-state index in [1.54, 1.807) is 0 Å². The van der Waals surface area contributed by atoms with E-state index in [4.69, 9.17) is 9.79 Å². The molecule has 19 heavy (non-hydrogen) atoms. The Morgan fingerprint density at radius 3 is 2.53 bits per heavy atom. The van der Waals surface area contributed by atoms with Gasteiger partial charge in [0.15, 0.2) is 0 Å². The van der Waals surface area contributed by atoms with Crippen molar-refractivity contribution in [1.82, 2.24) is 5.32 Å². The van der Waals surface area contributed by atoms with Gasteiger partial charge in [0.05, 0.1) is 13.0 Å². The van der Waals surface area contributed by atoms with Gasteiger partial charge in [-0.05, 0) is 19.4 Å². The van der Waals surface area contributed by atoms with Gasteiger partial charge in [0.1, 0.15) is 0 Å². The maximum Gasteiger partial charge on any atom is 0.469 e. The van der Waals surface area contributed by atoms with Crippen LogP contribution in [0.25, 0.3) is 0 Å². The van der Waals surface area contributed by atoms with Crippen molar-refractivity contribution in [2.45, 2.75) is 20.3 Å². The van der Waals surface area contributed by atoms with Crippen LogP contribution in [0.5, 0.6) is 0 Å². The number of hydrogen-bond acceptors (Lipinski definition) is 3. The molecule has 0 fully saturated rings. The van der Waals surface area contributed by atoms with E-state index in [-0.39, 0.29) is 25.5 Å². The SMILES string of the molecule is C\C=C/C=C(\C=C/C)CC(=O)NCCOP(=O)(O)O. The Labute approximate surface area is 113 Å². The number of carbonyl (C=O) groups is 1. The van der Waals surface area contributed by atoms with Crippen LogP contribution in [0.1, 0.15) is 20.3 Å². The number of carbonyl (C=O) groups excluding carboxylic acids is 1. The summed E-state index contributed by atoms with van der Waals surface area (Å²) in [4.78, 5) is 28.4. The van der Waals surface area contributed by atoms with Crippen LogP contribution in [-0.4, -0.2) is 28.8 Å². The molecule has 0 bridgehead atoms. The van der Waals surface area contributed by atoms with Crippen molar-refractivity contribution >= 4 is 13.7 Å². The first-order valence-corrected chi connectivity index (χ1v) is 7.33. The third-order valence-electron chi connectivity index (χ3n) is 1.93. The van der Waals surface area contributed by atoms with Crippen LogP contribution in [0, 0.1) is 0 Å². The van der Waals surface area contributed by atoms with E-state index < -0.39 is 7.82 Å². The number of allylic oxidation sites excluding steroid dienone is 5. The fourth-order valence-electron chi connectivity index (χ4n) is 1.21. The highest BCUT2D eigenvalue weighted by atomic mass is 31.2. The molecule has 0 aliphatic carbocycles. The molecule has 7 heteroatoms. The van der Waals surface area contributed by atoms with Gasteiger partial charge in [-0.15, -0.1) is 0 Å². The zero-order valence-corrected chi connectivity index (χ0v) is 12.0. The highest BCUT2D eigenvalue weighted by Crippen LogP contribution is 2.35. The fraction of sp³-hybridized carbons (Fsp3) is 0.417. The summed E-state index contributed by atoms with van der Waals surface area (Å²) in [7, 11) is -4.46. The third kappa shape index (κ3) is 11.6. The third-order valence-corrected chi connectivity index (χ3v) is 2.45. The zero-order valence-electron chi connectivity index (χ0n) is 11.1. The molecule has 0 aliphatic heterocycles. The van der Waals surface area contributed by atoms with Crippen LogP contribution in [0.15, 0.2) is 36.0 Å². The lowest BCUT2D eigenvalue weighted by molar-refractivity contribution is -0.120. The summed E-state index contributed by atoms with van der Waals surface area (Å²) < 4.78 is 14.6. The summed E-state index contributed by atoms with van der Waals surface area (Å²) >= 11 is 0. The number of nitrogens with one attached hydrogen (secondary N) is 1. The molecule has 0 saturated heterocycles. The van der Waals surface area contributed by atoms with E-state index in [9.17, 15) is 9.36 Å². The minimum absolute atomic E-state index is 0.0523. The zero-order chi connectivity index (χ0) is 14.7. The van der Waals surface area contributed by atoms with Gasteiger partial charge in [-0.2, -0.15) is 0 Å². The lowest BCUT2D eigenvalue weighted by Gasteiger charge is -2.07. The van der Waals surface area contributed by atoms with Gasteiger partial charge < -0.3 is 15.1 Å². The second-order valence-corrected chi connectivity index (χ2v) is 4.86. The monoisotopic (exact) mass is 289 g/mol. The van der Waals surface area contributed by atoms with E-state index in [1.165, 1.54) is 0 Å². The summed E-state index contributed by atoms with van der Waals surface area (Å²) in [5.41, 5.74) is 0.842. The second kappa shape index (κ2) is 9.69. The first kappa shape index (κ1) is 17.8. The maximum absolute atomic E-state index is 11.6. The predicted octanol–water partition coefficient (Wildman–Crippen LogP) is 1.68. The molecule has 0 radical (unpaired) electrons. The average Bonchev–Trinajstić information content (AvgIpc) is 2.31. The summed E-state index contributed by atoms with van der Waals surface area (Å²) in [5.74, 6) is -0.233. The molecule has 0 saturated carbocycles. The van der Waals surface area contributed by atoms with Gasteiger partial charge in [-0.25, -0.2) is 4.57 Å². The van der Waals surface area contributed by atoms with Crippen LogP contribution in [0.3, 0.4) is 0 Å². The Balaban J connectivity index is 4.11. The summed E-state index contributed by atoms with van der Waals surface area (Å²) in [6.45, 7) is 3.56. The highest BCUT2D eigenvalue weighted by Gasteiger charge is 2.13. The lowest BCUT2D eigenvalue weighted by Crippen LogP contribution is -2.27. The number of rotatable bonds is 8. The first-order chi connectivity index (χ1) is 8.89. The summed E-state index contributed by atoms with van der Waals surface area (Å²) in [6, 6.07) is 0. The smallest absolute Gasteiger partial charge is 0.353 e. The maximum atomic E-state index is 11.6. The quantitative estimate of drug-likeness (QED) is 0.359. The van der Waals surface area contributed by atoms with Crippen molar-refractivity contribution in [1.29, 1.82) is 0 Å². The molecule has 0 spiro atoms. The molecule has 0 unspecified atom stereocenters. The number of phosphoric acid groups is 1. The van der Waals surface area contributed by atoms with Crippen molar-refractivity contribution in [2.24, 2.45) is 0 Å². The first-order valence-electron chi connectivity index (χ1n) is 5.80. The van der Waals surface area contributed by atoms with Crippen LogP contribution < -0.4 is 5.32 Å². The summed E-state index contributed by atoms with van der Waals surface area (Å²) in [5, 5.41) is 2.51. The lowest BCUT2D eigenvalue weighted by atomic mass is 10.1. The molecule has 0 atom stereocenters. The van der Waals surface area contributed by atoms with Crippen molar-refractivity contribution in [3.63, 3.8) is 0 Å². The van der Waals surface area contributed by atoms with Gasteiger partial charge >= 0.3 is 7.82 Å². The van der Waals surface area contributed by atoms with Crippen molar-refractivity contribution in [2.75, 3.05) is 13.2 Å². The Bertz CT molecular complexity index is 408. The van der Waals surface area contributed by atoms with Gasteiger partial charge in [-0.1, -0.05) is 30.4 Å². The molecular formula is C12H20NO5P. The van der Waals surface area contributed by atoms with Gasteiger partial charge in [0.25, 0.3) is 0 Å².